The van der Waals surface area contributed by atoms with Crippen LogP contribution in [0.5, 0.6) is 0 Å². The van der Waals surface area contributed by atoms with E-state index in [1.807, 2.05) is 13.0 Å². The van der Waals surface area contributed by atoms with Crippen LogP contribution in [0.15, 0.2) is 12.7 Å². The number of aliphatic hydroxyl groups is 1. The number of Topliss-reactive ketones (excluding diaryl/α,β-unsaturated/α-hetero) is 1. The molecule has 0 bridgehead atoms. The molecule has 0 unspecified atom stereocenters. The SMILES string of the molecule is C=C[C@@H](C)[C@@H](C)CC(=O)C[C@H](C)[C@@H]1O[C@@H]2CO[Si](C(C)(C)C)(C(C)(C)C)O[C@@H]2C[C@@H]1O. The molecule has 0 aliphatic carbocycles. The average molecular weight is 455 g/mol. The summed E-state index contributed by atoms with van der Waals surface area (Å²) >= 11 is 0. The molecule has 0 amide bonds. The van der Waals surface area contributed by atoms with E-state index in [0.717, 1.165) is 0 Å². The van der Waals surface area contributed by atoms with E-state index in [-0.39, 0.29) is 46.0 Å². The number of fused-ring (bicyclic) bond motifs is 1. The van der Waals surface area contributed by atoms with E-state index in [2.05, 4.69) is 62.0 Å². The minimum atomic E-state index is -2.59. The molecule has 6 heteroatoms. The maximum Gasteiger partial charge on any atom is 0.349 e. The lowest BCUT2D eigenvalue weighted by Crippen LogP contribution is -2.67. The summed E-state index contributed by atoms with van der Waals surface area (Å²) in [7, 11) is -2.59. The molecule has 2 fully saturated rings. The lowest BCUT2D eigenvalue weighted by atomic mass is 9.85. The van der Waals surface area contributed by atoms with Crippen LogP contribution in [0.1, 0.15) is 81.6 Å². The predicted octanol–water partition coefficient (Wildman–Crippen LogP) is 5.41. The van der Waals surface area contributed by atoms with Crippen LogP contribution in [-0.4, -0.2) is 50.5 Å². The van der Waals surface area contributed by atoms with Gasteiger partial charge < -0.3 is 18.7 Å². The topological polar surface area (TPSA) is 65.0 Å². The van der Waals surface area contributed by atoms with Crippen LogP contribution >= 0.6 is 0 Å². The van der Waals surface area contributed by atoms with Crippen molar-refractivity contribution in [1.29, 1.82) is 0 Å². The normalized spacial score (nSPS) is 31.9. The van der Waals surface area contributed by atoms with E-state index in [9.17, 15) is 9.90 Å². The molecule has 180 valence electrons. The van der Waals surface area contributed by atoms with Crippen LogP contribution in [0.2, 0.25) is 10.1 Å². The van der Waals surface area contributed by atoms with Crippen molar-refractivity contribution in [2.24, 2.45) is 17.8 Å². The Bertz CT molecular complexity index is 621. The highest BCUT2D eigenvalue weighted by atomic mass is 28.4. The average Bonchev–Trinajstić information content (AvgIpc) is 2.63. The lowest BCUT2D eigenvalue weighted by Gasteiger charge is -2.56. The first-order valence-electron chi connectivity index (χ1n) is 11.9. The van der Waals surface area contributed by atoms with E-state index in [0.29, 0.717) is 31.8 Å². The van der Waals surface area contributed by atoms with Crippen LogP contribution < -0.4 is 0 Å². The van der Waals surface area contributed by atoms with Crippen LogP contribution in [0.25, 0.3) is 0 Å². The van der Waals surface area contributed by atoms with Crippen molar-refractivity contribution in [2.75, 3.05) is 6.61 Å². The van der Waals surface area contributed by atoms with Gasteiger partial charge in [0.1, 0.15) is 11.9 Å². The van der Waals surface area contributed by atoms with E-state index in [1.165, 1.54) is 0 Å². The summed E-state index contributed by atoms with van der Waals surface area (Å²) in [5, 5.41) is 10.7. The molecule has 2 rings (SSSR count). The van der Waals surface area contributed by atoms with E-state index >= 15 is 0 Å². The first-order valence-corrected chi connectivity index (χ1v) is 13.7. The summed E-state index contributed by atoms with van der Waals surface area (Å²) in [4.78, 5) is 12.6. The number of hydrogen-bond donors (Lipinski definition) is 1. The summed E-state index contributed by atoms with van der Waals surface area (Å²) in [5.41, 5.74) is 0. The van der Waals surface area contributed by atoms with Gasteiger partial charge in [0.15, 0.2) is 0 Å². The highest BCUT2D eigenvalue weighted by Gasteiger charge is 2.63. The second-order valence-electron chi connectivity index (χ2n) is 12.0. The maximum absolute atomic E-state index is 12.6. The molecule has 7 atom stereocenters. The molecule has 0 aromatic carbocycles. The Balaban J connectivity index is 2.04. The second-order valence-corrected chi connectivity index (χ2v) is 16.8. The third-order valence-corrected chi connectivity index (χ3v) is 12.4. The summed E-state index contributed by atoms with van der Waals surface area (Å²) in [6.45, 7) is 23.6. The Morgan fingerprint density at radius 1 is 1.10 bits per heavy atom. The fourth-order valence-electron chi connectivity index (χ4n) is 5.38. The Hall–Kier alpha value is -0.533. The third kappa shape index (κ3) is 5.70. The van der Waals surface area contributed by atoms with E-state index in [4.69, 9.17) is 13.6 Å². The summed E-state index contributed by atoms with van der Waals surface area (Å²) in [6.07, 6.45) is 2.00. The summed E-state index contributed by atoms with van der Waals surface area (Å²) in [6, 6.07) is 0. The first kappa shape index (κ1) is 26.7. The maximum atomic E-state index is 12.6. The third-order valence-electron chi connectivity index (χ3n) is 7.27. The number of hydrogen-bond acceptors (Lipinski definition) is 5. The minimum Gasteiger partial charge on any atom is -0.391 e. The molecule has 0 aromatic heterocycles. The fraction of sp³-hybridized carbons (Fsp3) is 0.880. The number of allylic oxidation sites excluding steroid dienone is 1. The van der Waals surface area contributed by atoms with E-state index < -0.39 is 14.7 Å². The Morgan fingerprint density at radius 3 is 2.19 bits per heavy atom. The molecule has 0 spiro atoms. The van der Waals surface area contributed by atoms with Gasteiger partial charge >= 0.3 is 8.56 Å². The highest BCUT2D eigenvalue weighted by molar-refractivity contribution is 6.73. The zero-order valence-electron chi connectivity index (χ0n) is 21.2. The fourth-order valence-corrected chi connectivity index (χ4v) is 10.3. The molecule has 0 saturated carbocycles. The first-order chi connectivity index (χ1) is 14.1. The standard InChI is InChI=1S/C25H46O5Si/c1-11-16(2)17(3)12-19(26)13-18(4)23-20(27)14-21-22(29-23)15-28-31(30-21,24(5,6)7)25(8,9)10/h11,16-18,20-23,27H,1,12-15H2,2-10H3/t16-,17+,18+,20+,21-,22-,23+/m1/s1. The molecule has 2 aliphatic rings. The molecular formula is C25H46O5Si. The van der Waals surface area contributed by atoms with Crippen molar-refractivity contribution >= 4 is 14.3 Å². The highest BCUT2D eigenvalue weighted by Crippen LogP contribution is 2.55. The summed E-state index contributed by atoms with van der Waals surface area (Å²) in [5.74, 6) is 0.744. The van der Waals surface area contributed by atoms with Crippen molar-refractivity contribution in [3.05, 3.63) is 12.7 Å². The Kier molecular flexibility index (Phi) is 8.41. The monoisotopic (exact) mass is 454 g/mol. The van der Waals surface area contributed by atoms with Crippen molar-refractivity contribution < 1.29 is 23.5 Å². The molecule has 0 aromatic rings. The van der Waals surface area contributed by atoms with Crippen LogP contribution in [0.3, 0.4) is 0 Å². The lowest BCUT2D eigenvalue weighted by molar-refractivity contribution is -0.211. The van der Waals surface area contributed by atoms with Crippen LogP contribution in [0, 0.1) is 17.8 Å². The van der Waals surface area contributed by atoms with Crippen molar-refractivity contribution in [3.8, 4) is 0 Å². The molecule has 2 heterocycles. The van der Waals surface area contributed by atoms with Gasteiger partial charge in [0.05, 0.1) is 24.9 Å². The van der Waals surface area contributed by atoms with Gasteiger partial charge in [-0.3, -0.25) is 4.79 Å². The number of carbonyl (C=O) groups is 1. The molecule has 2 aliphatic heterocycles. The minimum absolute atomic E-state index is 0.0520. The number of ether oxygens (including phenoxy) is 1. The van der Waals surface area contributed by atoms with Crippen molar-refractivity contribution in [3.63, 3.8) is 0 Å². The Labute approximate surface area is 191 Å². The molecule has 2 saturated heterocycles. The predicted molar refractivity (Wildman–Crippen MR) is 127 cm³/mol. The number of aliphatic hydroxyl groups excluding tert-OH is 1. The quantitative estimate of drug-likeness (QED) is 0.412. The van der Waals surface area contributed by atoms with E-state index in [1.54, 1.807) is 0 Å². The van der Waals surface area contributed by atoms with Gasteiger partial charge in [0, 0.05) is 29.3 Å². The van der Waals surface area contributed by atoms with Crippen LogP contribution in [0.4, 0.5) is 0 Å². The molecule has 5 nitrogen and oxygen atoms in total. The zero-order chi connectivity index (χ0) is 23.8. The molecule has 31 heavy (non-hydrogen) atoms. The van der Waals surface area contributed by atoms with Gasteiger partial charge in [-0.25, -0.2) is 0 Å². The van der Waals surface area contributed by atoms with Gasteiger partial charge in [0.25, 0.3) is 0 Å². The van der Waals surface area contributed by atoms with Crippen molar-refractivity contribution in [1.82, 2.24) is 0 Å². The van der Waals surface area contributed by atoms with Gasteiger partial charge in [0.2, 0.25) is 0 Å². The van der Waals surface area contributed by atoms with Gasteiger partial charge in [-0.2, -0.15) is 0 Å². The zero-order valence-corrected chi connectivity index (χ0v) is 22.2. The molecule has 0 radical (unpaired) electrons. The largest absolute Gasteiger partial charge is 0.391 e. The second kappa shape index (κ2) is 9.76. The van der Waals surface area contributed by atoms with Gasteiger partial charge in [-0.05, 0) is 17.8 Å². The van der Waals surface area contributed by atoms with Crippen LogP contribution in [-0.2, 0) is 18.4 Å². The molecular weight excluding hydrogens is 408 g/mol. The molecule has 1 N–H and O–H groups in total. The number of ketones is 1. The number of carbonyl (C=O) groups excluding carboxylic acids is 1. The Morgan fingerprint density at radius 2 is 1.68 bits per heavy atom. The number of rotatable bonds is 7. The van der Waals surface area contributed by atoms with Gasteiger partial charge in [-0.1, -0.05) is 68.4 Å². The van der Waals surface area contributed by atoms with Gasteiger partial charge in [-0.15, -0.1) is 6.58 Å². The smallest absolute Gasteiger partial charge is 0.349 e. The van der Waals surface area contributed by atoms with Crippen molar-refractivity contribution in [2.45, 2.75) is 116 Å². The summed E-state index contributed by atoms with van der Waals surface area (Å²) < 4.78 is 19.6.